The SMILES string of the molecule is CO[C@@H]1C(O)[C@@H](COP(=O)(OC2C[C@H](n3cnc4c(N)ncnc43)O[C@@H]2CO)N2CC(C)CC(C)C2)O[C@H]1n1ccc(=O)[nH]c1=O. The fraction of sp³-hybridized carbons (Fsp3) is 0.667. The van der Waals surface area contributed by atoms with Gasteiger partial charge in [-0.1, -0.05) is 13.8 Å². The highest BCUT2D eigenvalue weighted by atomic mass is 31.2. The maximum atomic E-state index is 14.8. The summed E-state index contributed by atoms with van der Waals surface area (Å²) in [5.74, 6) is 0.588. The van der Waals surface area contributed by atoms with Crippen molar-refractivity contribution in [1.82, 2.24) is 33.7 Å². The second-order valence-electron chi connectivity index (χ2n) is 12.1. The van der Waals surface area contributed by atoms with E-state index in [0.717, 1.165) is 17.1 Å². The van der Waals surface area contributed by atoms with Gasteiger partial charge in [0.2, 0.25) is 0 Å². The Kier molecular flexibility index (Phi) is 9.44. The number of nitrogens with two attached hydrogens (primary N) is 1. The summed E-state index contributed by atoms with van der Waals surface area (Å²) >= 11 is 0. The summed E-state index contributed by atoms with van der Waals surface area (Å²) in [6.07, 6.45) is -1.68. The first kappa shape index (κ1) is 32.9. The largest absolute Gasteiger partial charge is 0.408 e. The summed E-state index contributed by atoms with van der Waals surface area (Å²) in [5, 5.41) is 21.3. The molecule has 0 radical (unpaired) electrons. The number of aliphatic hydroxyl groups excluding tert-OH is 2. The number of nitrogens with one attached hydrogen (secondary N) is 1. The lowest BCUT2D eigenvalue weighted by molar-refractivity contribution is -0.0654. The molecule has 5 unspecified atom stereocenters. The van der Waals surface area contributed by atoms with Gasteiger partial charge >= 0.3 is 13.4 Å². The average Bonchev–Trinajstić information content (AvgIpc) is 3.71. The van der Waals surface area contributed by atoms with Gasteiger partial charge in [-0.25, -0.2) is 29.0 Å². The highest BCUT2D eigenvalue weighted by Gasteiger charge is 2.50. The van der Waals surface area contributed by atoms with Gasteiger partial charge in [0.05, 0.1) is 19.5 Å². The van der Waals surface area contributed by atoms with E-state index in [0.29, 0.717) is 24.3 Å². The predicted octanol–water partition coefficient (Wildman–Crippen LogP) is -0.000400. The fourth-order valence-corrected chi connectivity index (χ4v) is 8.75. The van der Waals surface area contributed by atoms with Crippen LogP contribution < -0.4 is 17.0 Å². The number of fused-ring (bicyclic) bond motifs is 1. The fourth-order valence-electron chi connectivity index (χ4n) is 6.54. The van der Waals surface area contributed by atoms with Gasteiger partial charge in [0.15, 0.2) is 17.7 Å². The van der Waals surface area contributed by atoms with E-state index in [1.54, 1.807) is 9.24 Å². The molecule has 3 aliphatic rings. The molecule has 3 saturated heterocycles. The van der Waals surface area contributed by atoms with Gasteiger partial charge in [0.25, 0.3) is 5.56 Å². The number of H-pyrrole nitrogens is 1. The van der Waals surface area contributed by atoms with Crippen molar-refractivity contribution in [3.63, 3.8) is 0 Å². The summed E-state index contributed by atoms with van der Waals surface area (Å²) in [5.41, 5.74) is 5.44. The van der Waals surface area contributed by atoms with Crippen LogP contribution in [0, 0.1) is 11.8 Å². The molecule has 0 spiro atoms. The number of methoxy groups -OCH3 is 1. The van der Waals surface area contributed by atoms with E-state index in [2.05, 4.69) is 33.8 Å². The molecule has 5 N–H and O–H groups in total. The molecule has 3 aromatic heterocycles. The minimum absolute atomic E-state index is 0.179. The van der Waals surface area contributed by atoms with E-state index in [-0.39, 0.29) is 30.7 Å². The molecule has 19 heteroatoms. The molecule has 3 aliphatic heterocycles. The lowest BCUT2D eigenvalue weighted by Gasteiger charge is -2.39. The lowest BCUT2D eigenvalue weighted by Crippen LogP contribution is -2.41. The zero-order valence-corrected chi connectivity index (χ0v) is 26.5. The number of hydrogen-bond acceptors (Lipinski definition) is 14. The number of aromatic nitrogens is 6. The van der Waals surface area contributed by atoms with Gasteiger partial charge in [-0.3, -0.25) is 28.0 Å². The Morgan fingerprint density at radius 3 is 2.57 bits per heavy atom. The zero-order chi connectivity index (χ0) is 32.7. The molecule has 0 aliphatic carbocycles. The standard InChI is InChI=1S/C27H39N8O10P/c1-14-6-15(2)9-33(8-14)46(40,42-11-18-22(38)23(41-3)26(44-18)34-5-4-19(37)32-27(34)39)45-16-7-20(43-17(16)10-36)35-13-31-21-24(28)29-12-30-25(21)35/h4-5,12-18,20,22-23,26,36,38H,6-11H2,1-3H3,(H2,28,29,30)(H,32,37,39)/t14?,15?,16?,17-,18-,20-,22?,23-,26-,46?/m1/s1. The van der Waals surface area contributed by atoms with E-state index in [9.17, 15) is 24.4 Å². The number of rotatable bonds is 10. The molecule has 3 fully saturated rings. The van der Waals surface area contributed by atoms with Crippen LogP contribution in [0.3, 0.4) is 0 Å². The highest BCUT2D eigenvalue weighted by molar-refractivity contribution is 7.51. The van der Waals surface area contributed by atoms with Crippen molar-refractivity contribution in [2.45, 2.75) is 69.7 Å². The molecular formula is C27H39N8O10P. The van der Waals surface area contributed by atoms with Gasteiger partial charge in [0.1, 0.15) is 48.6 Å². The van der Waals surface area contributed by atoms with Crippen molar-refractivity contribution >= 4 is 24.7 Å². The Morgan fingerprint density at radius 1 is 1.11 bits per heavy atom. The number of imidazole rings is 1. The van der Waals surface area contributed by atoms with Crippen molar-refractivity contribution in [1.29, 1.82) is 0 Å². The number of nitrogen functional groups attached to an aromatic ring is 1. The van der Waals surface area contributed by atoms with Crippen LogP contribution in [-0.4, -0.2) is 108 Å². The van der Waals surface area contributed by atoms with Gasteiger partial charge in [-0.15, -0.1) is 0 Å². The second kappa shape index (κ2) is 13.2. The molecule has 252 valence electrons. The van der Waals surface area contributed by atoms with Gasteiger partial charge in [-0.05, 0) is 18.3 Å². The van der Waals surface area contributed by atoms with Gasteiger partial charge in [0, 0.05) is 38.9 Å². The van der Waals surface area contributed by atoms with Crippen LogP contribution in [0.15, 0.2) is 34.5 Å². The molecule has 6 rings (SSSR count). The third-order valence-corrected chi connectivity index (χ3v) is 10.7. The number of nitrogens with zero attached hydrogens (tertiary/aromatic N) is 6. The number of anilines is 1. The first-order chi connectivity index (χ1) is 22.0. The van der Waals surface area contributed by atoms with Crippen molar-refractivity contribution in [3.8, 4) is 0 Å². The molecule has 18 nitrogen and oxygen atoms in total. The number of hydrogen-bond donors (Lipinski definition) is 4. The molecular weight excluding hydrogens is 627 g/mol. The third kappa shape index (κ3) is 6.28. The predicted molar refractivity (Wildman–Crippen MR) is 160 cm³/mol. The summed E-state index contributed by atoms with van der Waals surface area (Å²) in [6, 6.07) is 1.15. The van der Waals surface area contributed by atoms with Crippen LogP contribution in [0.1, 0.15) is 39.1 Å². The van der Waals surface area contributed by atoms with Crippen LogP contribution in [0.25, 0.3) is 11.2 Å². The number of aromatic amines is 1. The highest BCUT2D eigenvalue weighted by Crippen LogP contribution is 2.57. The topological polar surface area (TPSA) is 231 Å². The molecule has 10 atom stereocenters. The maximum absolute atomic E-state index is 14.8. The molecule has 0 saturated carbocycles. The summed E-state index contributed by atoms with van der Waals surface area (Å²) in [7, 11) is -2.77. The Morgan fingerprint density at radius 2 is 1.87 bits per heavy atom. The normalized spacial score (nSPS) is 33.5. The van der Waals surface area contributed by atoms with Crippen molar-refractivity contribution in [2.75, 3.05) is 39.1 Å². The third-order valence-electron chi connectivity index (χ3n) is 8.63. The first-order valence-corrected chi connectivity index (χ1v) is 16.6. The van der Waals surface area contributed by atoms with Gasteiger partial charge in [-0.2, -0.15) is 0 Å². The average molecular weight is 667 g/mol. The first-order valence-electron chi connectivity index (χ1n) is 15.1. The monoisotopic (exact) mass is 666 g/mol. The number of aliphatic hydroxyl groups is 2. The summed E-state index contributed by atoms with van der Waals surface area (Å²) < 4.78 is 49.2. The van der Waals surface area contributed by atoms with Crippen LogP contribution >= 0.6 is 7.75 Å². The minimum atomic E-state index is -4.12. The Labute approximate surface area is 263 Å². The molecule has 6 heterocycles. The summed E-state index contributed by atoms with van der Waals surface area (Å²) in [6.45, 7) is 4.15. The molecule has 0 aromatic carbocycles. The molecule has 3 aromatic rings. The van der Waals surface area contributed by atoms with Crippen LogP contribution in [0.4, 0.5) is 5.82 Å². The smallest absolute Gasteiger partial charge is 0.394 e. The number of piperidine rings is 1. The van der Waals surface area contributed by atoms with E-state index in [1.807, 2.05) is 0 Å². The molecule has 0 amide bonds. The molecule has 0 bridgehead atoms. The van der Waals surface area contributed by atoms with E-state index < -0.39 is 68.6 Å². The zero-order valence-electron chi connectivity index (χ0n) is 25.6. The summed E-state index contributed by atoms with van der Waals surface area (Å²) in [4.78, 5) is 38.7. The number of ether oxygens (including phenoxy) is 3. The van der Waals surface area contributed by atoms with E-state index in [4.69, 9.17) is 29.0 Å². The van der Waals surface area contributed by atoms with E-state index >= 15 is 0 Å². The molecule has 46 heavy (non-hydrogen) atoms. The Hall–Kier alpha value is -3.06. The quantitative estimate of drug-likeness (QED) is 0.209. The van der Waals surface area contributed by atoms with Crippen molar-refractivity contribution in [2.24, 2.45) is 11.8 Å². The second-order valence-corrected chi connectivity index (χ2v) is 14.1. The van der Waals surface area contributed by atoms with E-state index in [1.165, 1.54) is 26.0 Å². The Bertz CT molecular complexity index is 1690. The Balaban J connectivity index is 1.24. The maximum Gasteiger partial charge on any atom is 0.408 e. The minimum Gasteiger partial charge on any atom is -0.394 e. The lowest BCUT2D eigenvalue weighted by atomic mass is 9.94. The van der Waals surface area contributed by atoms with Crippen molar-refractivity contribution in [3.05, 3.63) is 45.8 Å². The van der Waals surface area contributed by atoms with Crippen LogP contribution in [0.5, 0.6) is 0 Å². The van der Waals surface area contributed by atoms with Crippen LogP contribution in [-0.2, 0) is 27.8 Å². The van der Waals surface area contributed by atoms with Crippen molar-refractivity contribution < 1.29 is 38.0 Å². The van der Waals surface area contributed by atoms with Crippen LogP contribution in [0.2, 0.25) is 0 Å². The van der Waals surface area contributed by atoms with Gasteiger partial charge < -0.3 is 30.2 Å².